The van der Waals surface area contributed by atoms with Gasteiger partial charge in [0.25, 0.3) is 5.69 Å². The highest BCUT2D eigenvalue weighted by Gasteiger charge is 2.37. The molecule has 0 radical (unpaired) electrons. The SMILES string of the molecule is CCC1(COc2ccc(N3CCCC3c3ccc(Cl)c([N+](=O)[O-])c3)cc2)COC1. The van der Waals surface area contributed by atoms with E-state index in [-0.39, 0.29) is 22.2 Å². The fraction of sp³-hybridized carbons (Fsp3) is 0.455. The Kier molecular flexibility index (Phi) is 5.65. The van der Waals surface area contributed by atoms with Crippen molar-refractivity contribution in [3.63, 3.8) is 0 Å². The quantitative estimate of drug-likeness (QED) is 0.447. The van der Waals surface area contributed by atoms with Crippen molar-refractivity contribution in [1.82, 2.24) is 0 Å². The minimum atomic E-state index is -0.423. The van der Waals surface area contributed by atoms with Crippen LogP contribution in [0.3, 0.4) is 0 Å². The van der Waals surface area contributed by atoms with Gasteiger partial charge in [-0.05, 0) is 55.2 Å². The molecule has 2 aromatic rings. The Morgan fingerprint density at radius 1 is 1.28 bits per heavy atom. The number of anilines is 1. The average Bonchev–Trinajstić information content (AvgIpc) is 3.18. The van der Waals surface area contributed by atoms with E-state index in [0.717, 1.165) is 56.0 Å². The van der Waals surface area contributed by atoms with Crippen molar-refractivity contribution in [1.29, 1.82) is 0 Å². The lowest BCUT2D eigenvalue weighted by molar-refractivity contribution is -0.384. The Hall–Kier alpha value is -2.31. The van der Waals surface area contributed by atoms with Crippen LogP contribution in [0, 0.1) is 15.5 Å². The fourth-order valence-electron chi connectivity index (χ4n) is 4.05. The Morgan fingerprint density at radius 2 is 2.03 bits per heavy atom. The van der Waals surface area contributed by atoms with Gasteiger partial charge in [0.15, 0.2) is 0 Å². The van der Waals surface area contributed by atoms with Crippen molar-refractivity contribution in [3.8, 4) is 5.75 Å². The molecule has 2 heterocycles. The second-order valence-corrected chi connectivity index (χ2v) is 8.36. The molecule has 0 N–H and O–H groups in total. The molecule has 0 aromatic heterocycles. The van der Waals surface area contributed by atoms with E-state index in [1.165, 1.54) is 0 Å². The average molecular weight is 417 g/mol. The summed E-state index contributed by atoms with van der Waals surface area (Å²) in [6, 6.07) is 13.3. The summed E-state index contributed by atoms with van der Waals surface area (Å²) in [7, 11) is 0. The van der Waals surface area contributed by atoms with Gasteiger partial charge in [-0.15, -0.1) is 0 Å². The number of hydrogen-bond acceptors (Lipinski definition) is 5. The minimum Gasteiger partial charge on any atom is -0.493 e. The Bertz CT molecular complexity index is 877. The van der Waals surface area contributed by atoms with E-state index >= 15 is 0 Å². The molecule has 0 spiro atoms. The van der Waals surface area contributed by atoms with Gasteiger partial charge in [-0.2, -0.15) is 0 Å². The van der Waals surface area contributed by atoms with E-state index in [2.05, 4.69) is 24.0 Å². The zero-order valence-electron chi connectivity index (χ0n) is 16.5. The van der Waals surface area contributed by atoms with Crippen LogP contribution in [-0.2, 0) is 4.74 Å². The smallest absolute Gasteiger partial charge is 0.288 e. The molecule has 4 rings (SSSR count). The summed E-state index contributed by atoms with van der Waals surface area (Å²) in [5.41, 5.74) is 2.13. The summed E-state index contributed by atoms with van der Waals surface area (Å²) in [6.45, 7) is 5.29. The molecule has 2 aliphatic heterocycles. The number of benzene rings is 2. The normalized spacial score (nSPS) is 20.3. The van der Waals surface area contributed by atoms with E-state index in [1.807, 2.05) is 18.2 Å². The van der Waals surface area contributed by atoms with Gasteiger partial charge in [0.1, 0.15) is 10.8 Å². The highest BCUT2D eigenvalue weighted by atomic mass is 35.5. The molecule has 1 unspecified atom stereocenters. The monoisotopic (exact) mass is 416 g/mol. The van der Waals surface area contributed by atoms with E-state index in [4.69, 9.17) is 21.1 Å². The molecular weight excluding hydrogens is 392 g/mol. The first-order valence-corrected chi connectivity index (χ1v) is 10.4. The van der Waals surface area contributed by atoms with Gasteiger partial charge in [0, 0.05) is 18.3 Å². The van der Waals surface area contributed by atoms with Crippen LogP contribution in [0.5, 0.6) is 5.75 Å². The number of nitrogens with zero attached hydrogens (tertiary/aromatic N) is 2. The molecule has 2 fully saturated rings. The molecule has 7 heteroatoms. The Labute approximate surface area is 175 Å². The predicted molar refractivity (Wildman–Crippen MR) is 113 cm³/mol. The summed E-state index contributed by atoms with van der Waals surface area (Å²) in [5, 5.41) is 11.4. The lowest BCUT2D eigenvalue weighted by atomic mass is 9.84. The Balaban J connectivity index is 1.47. The number of halogens is 1. The van der Waals surface area contributed by atoms with Gasteiger partial charge in [0.2, 0.25) is 0 Å². The summed E-state index contributed by atoms with van der Waals surface area (Å²) >= 11 is 5.98. The van der Waals surface area contributed by atoms with Crippen LogP contribution >= 0.6 is 11.6 Å². The van der Waals surface area contributed by atoms with E-state index < -0.39 is 4.92 Å². The third-order valence-electron chi connectivity index (χ3n) is 6.08. The van der Waals surface area contributed by atoms with Gasteiger partial charge in [0.05, 0.1) is 36.2 Å². The number of nitro benzene ring substituents is 1. The molecule has 0 saturated carbocycles. The highest BCUT2D eigenvalue weighted by Crippen LogP contribution is 2.39. The van der Waals surface area contributed by atoms with Gasteiger partial charge in [-0.1, -0.05) is 24.6 Å². The first-order valence-electron chi connectivity index (χ1n) is 10.0. The molecule has 1 atom stereocenters. The maximum absolute atomic E-state index is 11.2. The number of ether oxygens (including phenoxy) is 2. The molecule has 2 saturated heterocycles. The first-order chi connectivity index (χ1) is 14.0. The van der Waals surface area contributed by atoms with Crippen LogP contribution in [0.15, 0.2) is 42.5 Å². The summed E-state index contributed by atoms with van der Waals surface area (Å²) < 4.78 is 11.4. The molecule has 2 aromatic carbocycles. The molecule has 0 amide bonds. The van der Waals surface area contributed by atoms with Crippen molar-refractivity contribution in [2.45, 2.75) is 32.2 Å². The van der Waals surface area contributed by atoms with Gasteiger partial charge < -0.3 is 14.4 Å². The molecule has 2 aliphatic rings. The zero-order chi connectivity index (χ0) is 20.4. The predicted octanol–water partition coefficient (Wildman–Crippen LogP) is 5.40. The van der Waals surface area contributed by atoms with Crippen LogP contribution in [0.2, 0.25) is 5.02 Å². The largest absolute Gasteiger partial charge is 0.493 e. The molecule has 0 aliphatic carbocycles. The van der Waals surface area contributed by atoms with Gasteiger partial charge in [-0.25, -0.2) is 0 Å². The topological polar surface area (TPSA) is 64.8 Å². The van der Waals surface area contributed by atoms with Crippen molar-refractivity contribution in [2.75, 3.05) is 31.3 Å². The number of nitro groups is 1. The van der Waals surface area contributed by atoms with Crippen molar-refractivity contribution in [3.05, 3.63) is 63.2 Å². The maximum Gasteiger partial charge on any atom is 0.288 e. The van der Waals surface area contributed by atoms with E-state index in [0.29, 0.717) is 6.61 Å². The molecule has 29 heavy (non-hydrogen) atoms. The first kappa shape index (κ1) is 20.0. The maximum atomic E-state index is 11.2. The fourth-order valence-corrected chi connectivity index (χ4v) is 4.24. The Morgan fingerprint density at radius 3 is 2.66 bits per heavy atom. The standard InChI is InChI=1S/C22H25ClN2O4/c1-2-22(13-28-14-22)15-29-18-8-6-17(7-9-18)24-11-3-4-20(24)16-5-10-19(23)21(12-16)25(26)27/h5-10,12,20H,2-4,11,13-15H2,1H3. The number of rotatable bonds is 7. The molecule has 6 nitrogen and oxygen atoms in total. The summed E-state index contributed by atoms with van der Waals surface area (Å²) in [4.78, 5) is 13.1. The molecule has 0 bridgehead atoms. The van der Waals surface area contributed by atoms with Crippen LogP contribution in [0.1, 0.15) is 37.8 Å². The van der Waals surface area contributed by atoms with Crippen molar-refractivity contribution in [2.24, 2.45) is 5.41 Å². The minimum absolute atomic E-state index is 0.0374. The zero-order valence-corrected chi connectivity index (χ0v) is 17.2. The van der Waals surface area contributed by atoms with Crippen molar-refractivity contribution >= 4 is 23.0 Å². The van der Waals surface area contributed by atoms with Crippen molar-refractivity contribution < 1.29 is 14.4 Å². The van der Waals surface area contributed by atoms with Gasteiger partial charge in [-0.3, -0.25) is 10.1 Å². The number of hydrogen-bond donors (Lipinski definition) is 0. The second-order valence-electron chi connectivity index (χ2n) is 7.95. The van der Waals surface area contributed by atoms with Crippen LogP contribution < -0.4 is 9.64 Å². The van der Waals surface area contributed by atoms with E-state index in [9.17, 15) is 10.1 Å². The van der Waals surface area contributed by atoms with Crippen LogP contribution in [-0.4, -0.2) is 31.3 Å². The van der Waals surface area contributed by atoms with Crippen LogP contribution in [0.4, 0.5) is 11.4 Å². The second kappa shape index (κ2) is 8.20. The molecule has 154 valence electrons. The van der Waals surface area contributed by atoms with Crippen LogP contribution in [0.25, 0.3) is 0 Å². The van der Waals surface area contributed by atoms with Gasteiger partial charge >= 0.3 is 0 Å². The van der Waals surface area contributed by atoms with E-state index in [1.54, 1.807) is 12.1 Å². The lowest BCUT2D eigenvalue weighted by Crippen LogP contribution is -2.46. The summed E-state index contributed by atoms with van der Waals surface area (Å²) in [5.74, 6) is 0.853. The summed E-state index contributed by atoms with van der Waals surface area (Å²) in [6.07, 6.45) is 3.04. The lowest BCUT2D eigenvalue weighted by Gasteiger charge is -2.40. The third kappa shape index (κ3) is 4.05. The highest BCUT2D eigenvalue weighted by molar-refractivity contribution is 6.32. The molecular formula is C22H25ClN2O4. The third-order valence-corrected chi connectivity index (χ3v) is 6.40.